The zero-order valence-corrected chi connectivity index (χ0v) is 15.6. The summed E-state index contributed by atoms with van der Waals surface area (Å²) in [6.07, 6.45) is 0.516. The third kappa shape index (κ3) is 3.36. The number of amides is 1. The van der Waals surface area contributed by atoms with E-state index in [1.807, 2.05) is 0 Å². The lowest BCUT2D eigenvalue weighted by atomic mass is 10.1. The molecule has 0 spiro atoms. The Bertz CT molecular complexity index is 1150. The second-order valence-electron chi connectivity index (χ2n) is 6.45. The fourth-order valence-electron chi connectivity index (χ4n) is 3.25. The summed E-state index contributed by atoms with van der Waals surface area (Å²) < 4.78 is 40.4. The predicted octanol–water partition coefficient (Wildman–Crippen LogP) is 3.83. The molecule has 0 aromatic heterocycles. The molecular weight excluding hydrogens is 379 g/mol. The van der Waals surface area contributed by atoms with Crippen molar-refractivity contribution in [3.8, 4) is 0 Å². The smallest absolute Gasteiger partial charge is 0.264 e. The molecule has 1 aliphatic rings. The van der Waals surface area contributed by atoms with E-state index in [2.05, 4.69) is 5.32 Å². The van der Waals surface area contributed by atoms with Gasteiger partial charge in [-0.25, -0.2) is 12.8 Å². The summed E-state index contributed by atoms with van der Waals surface area (Å²) in [5.74, 6) is -0.814. The summed E-state index contributed by atoms with van der Waals surface area (Å²) in [7, 11) is -3.65. The lowest BCUT2D eigenvalue weighted by Crippen LogP contribution is -2.29. The third-order valence-electron chi connectivity index (χ3n) is 4.61. The first-order chi connectivity index (χ1) is 13.4. The predicted molar refractivity (Wildman–Crippen MR) is 105 cm³/mol. The number of carbonyl (C=O) groups excluding carboxylic acids is 1. The Hall–Kier alpha value is -3.19. The molecule has 1 amide bonds. The van der Waals surface area contributed by atoms with Gasteiger partial charge >= 0.3 is 0 Å². The molecule has 0 fully saturated rings. The molecule has 1 aliphatic heterocycles. The fraction of sp³-hybridized carbons (Fsp3) is 0.0952. The highest BCUT2D eigenvalue weighted by atomic mass is 32.2. The Balaban J connectivity index is 1.59. The van der Waals surface area contributed by atoms with Gasteiger partial charge in [0.1, 0.15) is 5.82 Å². The van der Waals surface area contributed by atoms with Crippen molar-refractivity contribution >= 4 is 27.3 Å². The van der Waals surface area contributed by atoms with Crippen molar-refractivity contribution < 1.29 is 17.6 Å². The van der Waals surface area contributed by atoms with Crippen molar-refractivity contribution in [3.05, 3.63) is 89.7 Å². The Morgan fingerprint density at radius 3 is 2.50 bits per heavy atom. The molecule has 0 saturated heterocycles. The van der Waals surface area contributed by atoms with Gasteiger partial charge in [-0.15, -0.1) is 0 Å². The van der Waals surface area contributed by atoms with Crippen molar-refractivity contribution in [3.63, 3.8) is 0 Å². The molecule has 3 aromatic rings. The van der Waals surface area contributed by atoms with E-state index < -0.39 is 15.8 Å². The van der Waals surface area contributed by atoms with Crippen molar-refractivity contribution in [2.24, 2.45) is 0 Å². The number of halogens is 1. The van der Waals surface area contributed by atoms with Crippen LogP contribution in [0.3, 0.4) is 0 Å². The summed E-state index contributed by atoms with van der Waals surface area (Å²) in [5, 5.41) is 2.65. The summed E-state index contributed by atoms with van der Waals surface area (Å²) in [5.41, 5.74) is 2.11. The molecular formula is C21H17FN2O3S. The standard InChI is InChI=1S/C21H17FN2O3S/c22-17-5-4-6-18(14-17)23-21(25)16-9-10-20-15(13-16)11-12-24(20)28(26,27)19-7-2-1-3-8-19/h1-10,13-14H,11-12H2,(H,23,25). The first-order valence-electron chi connectivity index (χ1n) is 8.73. The second-order valence-corrected chi connectivity index (χ2v) is 8.31. The molecule has 0 aliphatic carbocycles. The summed E-state index contributed by atoms with van der Waals surface area (Å²) in [6, 6.07) is 18.8. The first-order valence-corrected chi connectivity index (χ1v) is 10.2. The maximum Gasteiger partial charge on any atom is 0.264 e. The molecule has 7 heteroatoms. The zero-order chi connectivity index (χ0) is 19.7. The maximum absolute atomic E-state index is 13.3. The highest BCUT2D eigenvalue weighted by molar-refractivity contribution is 7.92. The van der Waals surface area contributed by atoms with E-state index in [-0.39, 0.29) is 10.8 Å². The Kier molecular flexibility index (Phi) is 4.60. The molecule has 1 heterocycles. The van der Waals surface area contributed by atoms with Crippen LogP contribution in [0, 0.1) is 5.82 Å². The molecule has 28 heavy (non-hydrogen) atoms. The van der Waals surface area contributed by atoms with Crippen molar-refractivity contribution in [2.45, 2.75) is 11.3 Å². The highest BCUT2D eigenvalue weighted by Crippen LogP contribution is 2.33. The minimum Gasteiger partial charge on any atom is -0.322 e. The lowest BCUT2D eigenvalue weighted by molar-refractivity contribution is 0.102. The fourth-order valence-corrected chi connectivity index (χ4v) is 4.78. The van der Waals surface area contributed by atoms with E-state index in [1.165, 1.54) is 22.5 Å². The molecule has 5 nitrogen and oxygen atoms in total. The van der Waals surface area contributed by atoms with Crippen molar-refractivity contribution in [2.75, 3.05) is 16.2 Å². The van der Waals surface area contributed by atoms with Gasteiger partial charge in [0.2, 0.25) is 0 Å². The SMILES string of the molecule is O=C(Nc1cccc(F)c1)c1ccc2c(c1)CCN2S(=O)(=O)c1ccccc1. The molecule has 0 saturated carbocycles. The average molecular weight is 396 g/mol. The van der Waals surface area contributed by atoms with E-state index in [0.717, 1.165) is 5.56 Å². The maximum atomic E-state index is 13.3. The lowest BCUT2D eigenvalue weighted by Gasteiger charge is -2.19. The van der Waals surface area contributed by atoms with E-state index in [0.29, 0.717) is 29.9 Å². The van der Waals surface area contributed by atoms with Gasteiger partial charge in [0.05, 0.1) is 10.6 Å². The summed E-state index contributed by atoms with van der Waals surface area (Å²) >= 11 is 0. The molecule has 3 aromatic carbocycles. The first kappa shape index (κ1) is 18.2. The molecule has 0 radical (unpaired) electrons. The summed E-state index contributed by atoms with van der Waals surface area (Å²) in [6.45, 7) is 0.321. The Morgan fingerprint density at radius 1 is 0.964 bits per heavy atom. The van der Waals surface area contributed by atoms with Gasteiger partial charge in [0, 0.05) is 17.8 Å². The van der Waals surface area contributed by atoms with Crippen molar-refractivity contribution in [1.29, 1.82) is 0 Å². The Morgan fingerprint density at radius 2 is 1.75 bits per heavy atom. The largest absolute Gasteiger partial charge is 0.322 e. The molecule has 1 N–H and O–H groups in total. The molecule has 4 rings (SSSR count). The van der Waals surface area contributed by atoms with Crippen LogP contribution >= 0.6 is 0 Å². The topological polar surface area (TPSA) is 66.5 Å². The number of nitrogens with one attached hydrogen (secondary N) is 1. The van der Waals surface area contributed by atoms with Gasteiger partial charge in [-0.2, -0.15) is 0 Å². The number of hydrogen-bond acceptors (Lipinski definition) is 3. The Labute approximate surface area is 162 Å². The van der Waals surface area contributed by atoms with Crippen LogP contribution in [0.2, 0.25) is 0 Å². The van der Waals surface area contributed by atoms with Crippen LogP contribution < -0.4 is 9.62 Å². The third-order valence-corrected chi connectivity index (χ3v) is 6.44. The monoisotopic (exact) mass is 396 g/mol. The highest BCUT2D eigenvalue weighted by Gasteiger charge is 2.31. The minimum atomic E-state index is -3.65. The average Bonchev–Trinajstić information content (AvgIpc) is 3.12. The van der Waals surface area contributed by atoms with E-state index in [1.54, 1.807) is 54.6 Å². The van der Waals surface area contributed by atoms with Gasteiger partial charge in [-0.3, -0.25) is 9.10 Å². The minimum absolute atomic E-state index is 0.232. The molecule has 142 valence electrons. The molecule has 0 bridgehead atoms. The van der Waals surface area contributed by atoms with E-state index >= 15 is 0 Å². The number of sulfonamides is 1. The van der Waals surface area contributed by atoms with Gasteiger partial charge < -0.3 is 5.32 Å². The number of benzene rings is 3. The van der Waals surface area contributed by atoms with Crippen LogP contribution in [0.4, 0.5) is 15.8 Å². The number of nitrogens with zero attached hydrogens (tertiary/aromatic N) is 1. The van der Waals surface area contributed by atoms with Crippen LogP contribution in [-0.2, 0) is 16.4 Å². The number of anilines is 2. The number of carbonyl (C=O) groups is 1. The van der Waals surface area contributed by atoms with Crippen LogP contribution in [0.25, 0.3) is 0 Å². The van der Waals surface area contributed by atoms with E-state index in [4.69, 9.17) is 0 Å². The molecule has 0 unspecified atom stereocenters. The van der Waals surface area contributed by atoms with E-state index in [9.17, 15) is 17.6 Å². The van der Waals surface area contributed by atoms with Gasteiger partial charge in [-0.05, 0) is 60.5 Å². The second kappa shape index (κ2) is 7.09. The zero-order valence-electron chi connectivity index (χ0n) is 14.8. The van der Waals surface area contributed by atoms with Gasteiger partial charge in [-0.1, -0.05) is 24.3 Å². The van der Waals surface area contributed by atoms with Crippen LogP contribution in [-0.4, -0.2) is 20.9 Å². The van der Waals surface area contributed by atoms with Crippen LogP contribution in [0.1, 0.15) is 15.9 Å². The van der Waals surface area contributed by atoms with Crippen molar-refractivity contribution in [1.82, 2.24) is 0 Å². The summed E-state index contributed by atoms with van der Waals surface area (Å²) in [4.78, 5) is 12.7. The van der Waals surface area contributed by atoms with Crippen LogP contribution in [0.5, 0.6) is 0 Å². The van der Waals surface area contributed by atoms with Gasteiger partial charge in [0.25, 0.3) is 15.9 Å². The number of fused-ring (bicyclic) bond motifs is 1. The van der Waals surface area contributed by atoms with Crippen LogP contribution in [0.15, 0.2) is 77.7 Å². The number of rotatable bonds is 4. The van der Waals surface area contributed by atoms with Gasteiger partial charge in [0.15, 0.2) is 0 Å². The normalized spacial score (nSPS) is 13.2. The molecule has 0 atom stereocenters. The number of hydrogen-bond donors (Lipinski definition) is 1. The quantitative estimate of drug-likeness (QED) is 0.729.